The van der Waals surface area contributed by atoms with Gasteiger partial charge < -0.3 is 5.11 Å². The summed E-state index contributed by atoms with van der Waals surface area (Å²) in [5, 5.41) is 11.4. The molecule has 0 bridgehead atoms. The molecule has 3 aromatic carbocycles. The van der Waals surface area contributed by atoms with Gasteiger partial charge in [0.15, 0.2) is 4.80 Å². The highest BCUT2D eigenvalue weighted by Crippen LogP contribution is 2.35. The molecule has 1 aliphatic heterocycles. The molecule has 0 amide bonds. The van der Waals surface area contributed by atoms with Gasteiger partial charge in [-0.1, -0.05) is 80.5 Å². The Morgan fingerprint density at radius 1 is 0.865 bits per heavy atom. The molecular weight excluding hydrogens is 474 g/mol. The number of unbranched alkanes of at least 4 members (excludes halogenated alkanes) is 2. The van der Waals surface area contributed by atoms with Gasteiger partial charge in [0.2, 0.25) is 5.88 Å². The number of aromatic hydroxyl groups is 1. The van der Waals surface area contributed by atoms with Crippen molar-refractivity contribution in [3.8, 4) is 11.6 Å². The van der Waals surface area contributed by atoms with E-state index in [-0.39, 0.29) is 5.88 Å². The van der Waals surface area contributed by atoms with E-state index in [1.54, 1.807) is 0 Å². The van der Waals surface area contributed by atoms with E-state index in [2.05, 4.69) is 73.4 Å². The van der Waals surface area contributed by atoms with E-state index in [0.29, 0.717) is 0 Å². The molecular formula is C32H33N3OS. The number of nitrogens with zero attached hydrogens (tertiary/aromatic N) is 3. The number of hydrogen-bond acceptors (Lipinski definition) is 4. The Labute approximate surface area is 223 Å². The van der Waals surface area contributed by atoms with Crippen LogP contribution in [0.2, 0.25) is 0 Å². The van der Waals surface area contributed by atoms with E-state index in [0.717, 1.165) is 50.7 Å². The van der Waals surface area contributed by atoms with Crippen molar-refractivity contribution >= 4 is 40.6 Å². The molecule has 0 aliphatic carbocycles. The Kier molecular flexibility index (Phi) is 7.81. The molecule has 2 heterocycles. The average molecular weight is 508 g/mol. The number of aryl methyl sites for hydroxylation is 2. The second-order valence-corrected chi connectivity index (χ2v) is 10.4. The van der Waals surface area contributed by atoms with Gasteiger partial charge in [-0.15, -0.1) is 0 Å². The molecule has 1 aromatic heterocycles. The highest BCUT2D eigenvalue weighted by Gasteiger charge is 2.17. The van der Waals surface area contributed by atoms with E-state index in [4.69, 9.17) is 4.99 Å². The van der Waals surface area contributed by atoms with Crippen molar-refractivity contribution in [1.82, 2.24) is 4.57 Å². The van der Waals surface area contributed by atoms with Gasteiger partial charge in [-0.3, -0.25) is 9.56 Å². The quantitative estimate of drug-likeness (QED) is 0.243. The molecule has 4 aromatic rings. The fourth-order valence-corrected chi connectivity index (χ4v) is 5.51. The molecule has 0 spiro atoms. The van der Waals surface area contributed by atoms with Crippen molar-refractivity contribution < 1.29 is 5.11 Å². The van der Waals surface area contributed by atoms with Crippen molar-refractivity contribution in [3.05, 3.63) is 99.2 Å². The summed E-state index contributed by atoms with van der Waals surface area (Å²) < 4.78 is 1.85. The van der Waals surface area contributed by atoms with Crippen LogP contribution in [0.25, 0.3) is 17.3 Å². The molecule has 5 rings (SSSR count). The number of allylic oxidation sites excluding steroid dienone is 1. The van der Waals surface area contributed by atoms with Crippen molar-refractivity contribution in [2.75, 3.05) is 0 Å². The van der Waals surface area contributed by atoms with Crippen LogP contribution in [0.5, 0.6) is 5.88 Å². The number of aromatic nitrogens is 1. The number of para-hydroxylation sites is 1. The van der Waals surface area contributed by atoms with Crippen LogP contribution in [0.4, 0.5) is 11.4 Å². The summed E-state index contributed by atoms with van der Waals surface area (Å²) in [6.45, 7) is 4.42. The summed E-state index contributed by atoms with van der Waals surface area (Å²) >= 11 is 1.48. The highest BCUT2D eigenvalue weighted by atomic mass is 32.1. The smallest absolute Gasteiger partial charge is 0.215 e. The zero-order valence-electron chi connectivity index (χ0n) is 21.5. The topological polar surface area (TPSA) is 49.9 Å². The van der Waals surface area contributed by atoms with E-state index in [9.17, 15) is 5.11 Å². The molecule has 0 atom stereocenters. The van der Waals surface area contributed by atoms with Crippen molar-refractivity contribution in [2.45, 2.75) is 52.4 Å². The zero-order chi connectivity index (χ0) is 25.6. The average Bonchev–Trinajstić information content (AvgIpc) is 3.48. The van der Waals surface area contributed by atoms with Crippen molar-refractivity contribution in [3.63, 3.8) is 0 Å². The summed E-state index contributed by atoms with van der Waals surface area (Å²) in [4.78, 5) is 11.0. The first kappa shape index (κ1) is 25.0. The van der Waals surface area contributed by atoms with Gasteiger partial charge in [-0.25, -0.2) is 4.99 Å². The van der Waals surface area contributed by atoms with Crippen LogP contribution in [0.1, 0.15) is 61.1 Å². The highest BCUT2D eigenvalue weighted by molar-refractivity contribution is 7.10. The Hall–Kier alpha value is -3.70. The van der Waals surface area contributed by atoms with Crippen LogP contribution >= 0.6 is 11.3 Å². The molecule has 0 radical (unpaired) electrons. The lowest BCUT2D eigenvalue weighted by atomic mass is 10.1. The van der Waals surface area contributed by atoms with Crippen LogP contribution in [0.15, 0.2) is 82.8 Å². The normalized spacial score (nSPS) is 14.0. The first-order valence-corrected chi connectivity index (χ1v) is 14.0. The Morgan fingerprint density at radius 3 is 2.19 bits per heavy atom. The van der Waals surface area contributed by atoms with Gasteiger partial charge in [0.1, 0.15) is 0 Å². The number of benzene rings is 3. The SMILES string of the molecule is CCCCc1ccc(N=c2sc(/C=C3\C=Nc4ccccc43)c(O)n2-c2ccc(CCCC)cc2)cc1. The predicted octanol–water partition coefficient (Wildman–Crippen LogP) is 8.42. The molecule has 5 heteroatoms. The van der Waals surface area contributed by atoms with Gasteiger partial charge in [0.25, 0.3) is 0 Å². The third-order valence-electron chi connectivity index (χ3n) is 6.66. The van der Waals surface area contributed by atoms with Crippen molar-refractivity contribution in [2.24, 2.45) is 9.98 Å². The second-order valence-electron chi connectivity index (χ2n) is 9.43. The molecule has 0 unspecified atom stereocenters. The second kappa shape index (κ2) is 11.6. The lowest BCUT2D eigenvalue weighted by molar-refractivity contribution is 0.439. The van der Waals surface area contributed by atoms with Crippen LogP contribution in [0.3, 0.4) is 0 Å². The third kappa shape index (κ3) is 5.67. The summed E-state index contributed by atoms with van der Waals surface area (Å²) in [5.74, 6) is 0.190. The minimum absolute atomic E-state index is 0.190. The van der Waals surface area contributed by atoms with Gasteiger partial charge in [0, 0.05) is 17.4 Å². The number of aliphatic imine (C=N–C) groups is 1. The maximum absolute atomic E-state index is 11.4. The Bertz CT molecular complexity index is 1490. The first-order valence-electron chi connectivity index (χ1n) is 13.2. The van der Waals surface area contributed by atoms with E-state index >= 15 is 0 Å². The summed E-state index contributed by atoms with van der Waals surface area (Å²) in [5.41, 5.74) is 7.43. The summed E-state index contributed by atoms with van der Waals surface area (Å²) in [6.07, 6.45) is 10.7. The molecule has 1 aliphatic rings. The molecule has 0 fully saturated rings. The van der Waals surface area contributed by atoms with Crippen LogP contribution in [-0.4, -0.2) is 15.9 Å². The van der Waals surface area contributed by atoms with Crippen LogP contribution < -0.4 is 4.80 Å². The van der Waals surface area contributed by atoms with Gasteiger partial charge >= 0.3 is 0 Å². The van der Waals surface area contributed by atoms with Crippen molar-refractivity contribution in [1.29, 1.82) is 0 Å². The summed E-state index contributed by atoms with van der Waals surface area (Å²) in [6, 6.07) is 25.0. The van der Waals surface area contributed by atoms with E-state index in [1.165, 1.54) is 48.1 Å². The Morgan fingerprint density at radius 2 is 1.51 bits per heavy atom. The maximum atomic E-state index is 11.4. The minimum Gasteiger partial charge on any atom is -0.493 e. The summed E-state index contributed by atoms with van der Waals surface area (Å²) in [7, 11) is 0. The number of hydrogen-bond donors (Lipinski definition) is 1. The number of thiazole rings is 1. The molecule has 1 N–H and O–H groups in total. The lowest BCUT2D eigenvalue weighted by Gasteiger charge is -2.07. The monoisotopic (exact) mass is 507 g/mol. The molecule has 37 heavy (non-hydrogen) atoms. The lowest BCUT2D eigenvalue weighted by Crippen LogP contribution is -2.11. The van der Waals surface area contributed by atoms with Crippen LogP contribution in [-0.2, 0) is 12.8 Å². The fraction of sp³-hybridized carbons (Fsp3) is 0.250. The maximum Gasteiger partial charge on any atom is 0.215 e. The molecule has 4 nitrogen and oxygen atoms in total. The third-order valence-corrected chi connectivity index (χ3v) is 7.64. The zero-order valence-corrected chi connectivity index (χ0v) is 22.3. The predicted molar refractivity (Wildman–Crippen MR) is 157 cm³/mol. The minimum atomic E-state index is 0.190. The first-order chi connectivity index (χ1) is 18.2. The number of rotatable bonds is 9. The molecule has 0 saturated heterocycles. The van der Waals surface area contributed by atoms with Crippen LogP contribution in [0, 0.1) is 0 Å². The molecule has 0 saturated carbocycles. The van der Waals surface area contributed by atoms with Gasteiger partial charge in [0.05, 0.1) is 21.9 Å². The standard InChI is InChI=1S/C32H33N3OS/c1-3-5-9-23-13-17-26(18-14-23)34-32-35(27-19-15-24(16-20-27)10-6-4-2)31(36)30(37-32)21-25-22-33-29-12-8-7-11-28(25)29/h7-8,11-22,36H,3-6,9-10H2,1-2H3/b25-21+,34-32?. The number of fused-ring (bicyclic) bond motifs is 1. The van der Waals surface area contributed by atoms with E-state index < -0.39 is 0 Å². The largest absolute Gasteiger partial charge is 0.493 e. The Balaban J connectivity index is 1.57. The van der Waals surface area contributed by atoms with E-state index in [1.807, 2.05) is 35.1 Å². The molecule has 188 valence electrons. The fourth-order valence-electron chi connectivity index (χ4n) is 4.51. The van der Waals surface area contributed by atoms with Gasteiger partial charge in [-0.05, 0) is 73.2 Å². The van der Waals surface area contributed by atoms with Gasteiger partial charge in [-0.2, -0.15) is 0 Å².